The summed E-state index contributed by atoms with van der Waals surface area (Å²) in [5.41, 5.74) is -1.12. The summed E-state index contributed by atoms with van der Waals surface area (Å²) in [6, 6.07) is 0. The zero-order valence-electron chi connectivity index (χ0n) is 15.0. The summed E-state index contributed by atoms with van der Waals surface area (Å²) in [4.78, 5) is 32.7. The first-order chi connectivity index (χ1) is 12.1. The molecule has 8 nitrogen and oxygen atoms in total. The van der Waals surface area contributed by atoms with Gasteiger partial charge in [0, 0.05) is 45.5 Å². The Hall–Kier alpha value is -1.93. The predicted molar refractivity (Wildman–Crippen MR) is 98.9 cm³/mol. The van der Waals surface area contributed by atoms with Crippen LogP contribution in [0, 0.1) is 0 Å². The highest BCUT2D eigenvalue weighted by molar-refractivity contribution is 5.81. The molecule has 0 atom stereocenters. The van der Waals surface area contributed by atoms with E-state index in [1.807, 2.05) is 0 Å². The maximum absolute atomic E-state index is 11.9. The number of aromatic hydroxyl groups is 1. The van der Waals surface area contributed by atoms with Gasteiger partial charge in [-0.25, -0.2) is 4.79 Å². The number of rotatable bonds is 9. The zero-order valence-corrected chi connectivity index (χ0v) is 15.0. The van der Waals surface area contributed by atoms with Crippen LogP contribution in [-0.4, -0.2) is 65.0 Å². The highest BCUT2D eigenvalue weighted by Crippen LogP contribution is 2.10. The van der Waals surface area contributed by atoms with Gasteiger partial charge >= 0.3 is 5.69 Å². The van der Waals surface area contributed by atoms with Crippen molar-refractivity contribution in [1.29, 1.82) is 0 Å². The number of nitrogens with zero attached hydrogens (tertiary/aromatic N) is 3. The molecule has 0 bridgehead atoms. The van der Waals surface area contributed by atoms with E-state index in [0.717, 1.165) is 58.4 Å². The lowest BCUT2D eigenvalue weighted by Crippen LogP contribution is -2.44. The smallest absolute Gasteiger partial charge is 0.331 e. The minimum atomic E-state index is -0.599. The summed E-state index contributed by atoms with van der Waals surface area (Å²) in [6.07, 6.45) is 5.32. The monoisotopic (exact) mass is 351 g/mol. The Balaban J connectivity index is 1.99. The van der Waals surface area contributed by atoms with Gasteiger partial charge in [0.1, 0.15) is 5.56 Å². The van der Waals surface area contributed by atoms with E-state index in [4.69, 9.17) is 0 Å². The first-order valence-corrected chi connectivity index (χ1v) is 9.12. The van der Waals surface area contributed by atoms with Crippen LogP contribution in [0.15, 0.2) is 14.6 Å². The molecule has 8 heteroatoms. The molecule has 1 aromatic heterocycles. The van der Waals surface area contributed by atoms with Crippen LogP contribution >= 0.6 is 0 Å². The highest BCUT2D eigenvalue weighted by Gasteiger charge is 2.12. The van der Waals surface area contributed by atoms with Crippen molar-refractivity contribution in [1.82, 2.24) is 19.8 Å². The van der Waals surface area contributed by atoms with E-state index in [9.17, 15) is 14.7 Å². The number of aromatic nitrogens is 2. The summed E-state index contributed by atoms with van der Waals surface area (Å²) in [5.74, 6) is -0.295. The molecule has 2 rings (SSSR count). The molecule has 0 aliphatic carbocycles. The van der Waals surface area contributed by atoms with E-state index in [-0.39, 0.29) is 11.4 Å². The van der Waals surface area contributed by atoms with Gasteiger partial charge in [0.2, 0.25) is 5.88 Å². The molecule has 1 saturated heterocycles. The second kappa shape index (κ2) is 10.1. The van der Waals surface area contributed by atoms with Crippen molar-refractivity contribution >= 4 is 6.21 Å². The third-order valence-corrected chi connectivity index (χ3v) is 4.42. The van der Waals surface area contributed by atoms with E-state index in [1.165, 1.54) is 10.8 Å². The van der Waals surface area contributed by atoms with E-state index >= 15 is 0 Å². The molecular formula is C17H29N5O3. The number of unbranched alkanes of at least 4 members (excludes halogenated alkanes) is 3. The van der Waals surface area contributed by atoms with Gasteiger partial charge < -0.3 is 10.4 Å². The number of piperazine rings is 1. The lowest BCUT2D eigenvalue weighted by molar-refractivity contribution is 0.248. The largest absolute Gasteiger partial charge is 0.494 e. The Bertz CT molecular complexity index is 674. The van der Waals surface area contributed by atoms with Gasteiger partial charge in [0.15, 0.2) is 0 Å². The number of aromatic amines is 1. The second-order valence-corrected chi connectivity index (χ2v) is 6.34. The topological polar surface area (TPSA) is 103 Å². The normalized spacial score (nSPS) is 15.9. The minimum absolute atomic E-state index is 0.0513. The maximum atomic E-state index is 11.9. The number of aliphatic imine (C=N–C) groups is 1. The molecular weight excluding hydrogens is 322 g/mol. The molecule has 0 amide bonds. The molecule has 0 saturated carbocycles. The van der Waals surface area contributed by atoms with Crippen LogP contribution in [-0.2, 0) is 6.54 Å². The summed E-state index contributed by atoms with van der Waals surface area (Å²) < 4.78 is 1.22. The molecule has 0 spiro atoms. The fourth-order valence-corrected chi connectivity index (χ4v) is 2.89. The summed E-state index contributed by atoms with van der Waals surface area (Å²) in [5, 5.41) is 13.6. The van der Waals surface area contributed by atoms with Crippen LogP contribution in [0.1, 0.15) is 38.2 Å². The Morgan fingerprint density at radius 2 is 1.92 bits per heavy atom. The molecule has 1 aliphatic rings. The average molecular weight is 351 g/mol. The molecule has 1 aromatic rings. The fraction of sp³-hybridized carbons (Fsp3) is 0.706. The van der Waals surface area contributed by atoms with E-state index < -0.39 is 11.2 Å². The molecule has 25 heavy (non-hydrogen) atoms. The number of H-pyrrole nitrogens is 1. The summed E-state index contributed by atoms with van der Waals surface area (Å²) >= 11 is 0. The Kier molecular flexibility index (Phi) is 7.87. The van der Waals surface area contributed by atoms with Crippen LogP contribution in [0.4, 0.5) is 0 Å². The SMILES string of the molecule is CCCCCCn1c(O)c(C=NCCN2CCNCC2)c(=O)[nH]c1=O. The molecule has 0 aromatic carbocycles. The van der Waals surface area contributed by atoms with Crippen molar-refractivity contribution in [2.45, 2.75) is 39.2 Å². The highest BCUT2D eigenvalue weighted by atomic mass is 16.3. The third kappa shape index (κ3) is 5.82. The maximum Gasteiger partial charge on any atom is 0.331 e. The van der Waals surface area contributed by atoms with Crippen LogP contribution in [0.2, 0.25) is 0 Å². The lowest BCUT2D eigenvalue weighted by atomic mass is 10.2. The van der Waals surface area contributed by atoms with Gasteiger partial charge in [0.25, 0.3) is 5.56 Å². The van der Waals surface area contributed by atoms with Crippen molar-refractivity contribution in [3.63, 3.8) is 0 Å². The van der Waals surface area contributed by atoms with Gasteiger partial charge in [-0.05, 0) is 6.42 Å². The summed E-state index contributed by atoms with van der Waals surface area (Å²) in [7, 11) is 0. The van der Waals surface area contributed by atoms with Gasteiger partial charge in [0.05, 0.1) is 6.54 Å². The van der Waals surface area contributed by atoms with Gasteiger partial charge in [-0.3, -0.25) is 24.2 Å². The lowest BCUT2D eigenvalue weighted by Gasteiger charge is -2.26. The average Bonchev–Trinajstić information content (AvgIpc) is 2.61. The Morgan fingerprint density at radius 1 is 1.16 bits per heavy atom. The van der Waals surface area contributed by atoms with Gasteiger partial charge in [-0.1, -0.05) is 26.2 Å². The third-order valence-electron chi connectivity index (χ3n) is 4.42. The second-order valence-electron chi connectivity index (χ2n) is 6.34. The molecule has 0 unspecified atom stereocenters. The van der Waals surface area contributed by atoms with Crippen LogP contribution in [0.25, 0.3) is 0 Å². The quantitative estimate of drug-likeness (QED) is 0.434. The fourth-order valence-electron chi connectivity index (χ4n) is 2.89. The van der Waals surface area contributed by atoms with Crippen molar-refractivity contribution in [2.24, 2.45) is 4.99 Å². The van der Waals surface area contributed by atoms with Crippen LogP contribution < -0.4 is 16.6 Å². The molecule has 0 radical (unpaired) electrons. The first kappa shape index (κ1) is 19.4. The first-order valence-electron chi connectivity index (χ1n) is 9.12. The zero-order chi connectivity index (χ0) is 18.1. The molecule has 2 heterocycles. The number of nitrogens with one attached hydrogen (secondary N) is 2. The molecule has 3 N–H and O–H groups in total. The van der Waals surface area contributed by atoms with Crippen molar-refractivity contribution in [3.8, 4) is 5.88 Å². The Morgan fingerprint density at radius 3 is 2.64 bits per heavy atom. The van der Waals surface area contributed by atoms with Crippen molar-refractivity contribution in [2.75, 3.05) is 39.3 Å². The van der Waals surface area contributed by atoms with Gasteiger partial charge in [-0.2, -0.15) is 0 Å². The number of hydrogen-bond donors (Lipinski definition) is 3. The molecule has 140 valence electrons. The van der Waals surface area contributed by atoms with Crippen molar-refractivity contribution in [3.05, 3.63) is 26.4 Å². The number of hydrogen-bond acceptors (Lipinski definition) is 6. The van der Waals surface area contributed by atoms with E-state index in [1.54, 1.807) is 0 Å². The Labute approximate surface area is 147 Å². The van der Waals surface area contributed by atoms with Crippen LogP contribution in [0.3, 0.4) is 0 Å². The van der Waals surface area contributed by atoms with Gasteiger partial charge in [-0.15, -0.1) is 0 Å². The standard InChI is InChI=1S/C17H29N5O3/c1-2-3-4-5-9-22-16(24)14(15(23)20-17(22)25)13-19-8-12-21-10-6-18-7-11-21/h13,18,24H,2-12H2,1H3,(H,20,23,25). The van der Waals surface area contributed by atoms with Crippen molar-refractivity contribution < 1.29 is 5.11 Å². The predicted octanol–water partition coefficient (Wildman–Crippen LogP) is 0.147. The summed E-state index contributed by atoms with van der Waals surface area (Å²) in [6.45, 7) is 7.80. The van der Waals surface area contributed by atoms with E-state index in [0.29, 0.717) is 13.1 Å². The van der Waals surface area contributed by atoms with E-state index in [2.05, 4.69) is 27.1 Å². The molecule has 1 aliphatic heterocycles. The minimum Gasteiger partial charge on any atom is -0.494 e. The molecule has 1 fully saturated rings. The van der Waals surface area contributed by atoms with Crippen LogP contribution in [0.5, 0.6) is 5.88 Å².